The molecule has 1 unspecified atom stereocenters. The number of alkyl halides is 1. The van der Waals surface area contributed by atoms with Crippen LogP contribution in [0.4, 0.5) is 15.8 Å². The fourth-order valence-corrected chi connectivity index (χ4v) is 3.78. The number of carbonyl (C=O) groups excluding carboxylic acids is 2. The van der Waals surface area contributed by atoms with Crippen molar-refractivity contribution >= 4 is 40.4 Å². The summed E-state index contributed by atoms with van der Waals surface area (Å²) in [7, 11) is 3.58. The fraction of sp³-hybridized carbons (Fsp3) is 0.364. The highest BCUT2D eigenvalue weighted by molar-refractivity contribution is 6.29. The minimum absolute atomic E-state index is 0.176. The van der Waals surface area contributed by atoms with Gasteiger partial charge in [0.1, 0.15) is 16.9 Å². The van der Waals surface area contributed by atoms with Crippen LogP contribution in [0.15, 0.2) is 30.6 Å². The molecule has 2 aromatic heterocycles. The lowest BCUT2D eigenvalue weighted by molar-refractivity contribution is -0.0159. The summed E-state index contributed by atoms with van der Waals surface area (Å²) in [5.74, 6) is -0.755. The molecule has 3 heterocycles. The number of hydrogen-bond acceptors (Lipinski definition) is 6. The van der Waals surface area contributed by atoms with Crippen molar-refractivity contribution in [1.29, 1.82) is 0 Å². The van der Waals surface area contributed by atoms with Crippen LogP contribution in [0.25, 0.3) is 5.65 Å². The molecule has 9 nitrogen and oxygen atoms in total. The normalized spacial score (nSPS) is 14.5. The number of amides is 2. The van der Waals surface area contributed by atoms with Crippen LogP contribution in [-0.2, 0) is 6.54 Å². The third-order valence-electron chi connectivity index (χ3n) is 5.56. The first-order chi connectivity index (χ1) is 15.5. The van der Waals surface area contributed by atoms with Crippen LogP contribution in [-0.4, -0.2) is 68.8 Å². The third kappa shape index (κ3) is 4.36. The Labute approximate surface area is 194 Å². The van der Waals surface area contributed by atoms with Crippen LogP contribution < -0.4 is 10.2 Å². The van der Waals surface area contributed by atoms with Crippen molar-refractivity contribution in [3.05, 3.63) is 52.4 Å². The molecule has 0 aliphatic carbocycles. The molecule has 11 heteroatoms. The maximum Gasteiger partial charge on any atom is 0.261 e. The molecule has 4 rings (SSSR count). The lowest BCUT2D eigenvalue weighted by atomic mass is 10.0. The summed E-state index contributed by atoms with van der Waals surface area (Å²) < 4.78 is 15.8. The van der Waals surface area contributed by atoms with Gasteiger partial charge in [-0.05, 0) is 37.6 Å². The summed E-state index contributed by atoms with van der Waals surface area (Å²) in [5.41, 5.74) is 1.18. The topological polar surface area (TPSA) is 103 Å². The van der Waals surface area contributed by atoms with E-state index in [1.54, 1.807) is 43.4 Å². The molecule has 3 aromatic rings. The standard InChI is InChI=1S/C22H24ClFN6O3/c1-22(2,33)17(24)11-29-10-12-7-15(16(28(3)4)8-13(12)21(29)32)26-20(31)14-9-25-30-6-5-18(23)27-19(14)30/h5-9,17,33H,10-11H2,1-4H3,(H,26,31). The average molecular weight is 475 g/mol. The van der Waals surface area contributed by atoms with Crippen LogP contribution in [0.5, 0.6) is 0 Å². The fourth-order valence-electron chi connectivity index (χ4n) is 3.64. The zero-order valence-electron chi connectivity index (χ0n) is 18.6. The van der Waals surface area contributed by atoms with Crippen molar-refractivity contribution in [2.45, 2.75) is 32.2 Å². The first-order valence-electron chi connectivity index (χ1n) is 10.3. The second-order valence-electron chi connectivity index (χ2n) is 8.76. The molecule has 0 bridgehead atoms. The summed E-state index contributed by atoms with van der Waals surface area (Å²) in [5, 5.41) is 17.1. The SMILES string of the molecule is CN(C)c1cc2c(cc1NC(=O)c1cnn3ccc(Cl)nc13)CN(CC(F)C(C)(C)O)C2=O. The Balaban J connectivity index is 1.64. The number of anilines is 2. The van der Waals surface area contributed by atoms with Crippen LogP contribution in [0.1, 0.15) is 40.1 Å². The summed E-state index contributed by atoms with van der Waals surface area (Å²) in [4.78, 5) is 33.2. The largest absolute Gasteiger partial charge is 0.387 e. The Hall–Kier alpha value is -3.24. The number of benzene rings is 1. The van der Waals surface area contributed by atoms with Crippen LogP contribution >= 0.6 is 11.6 Å². The molecule has 0 radical (unpaired) electrons. The number of aliphatic hydroxyl groups is 1. The minimum Gasteiger partial charge on any atom is -0.387 e. The Morgan fingerprint density at radius 2 is 2.12 bits per heavy atom. The summed E-state index contributed by atoms with van der Waals surface area (Å²) in [6, 6.07) is 4.95. The van der Waals surface area contributed by atoms with Gasteiger partial charge in [-0.3, -0.25) is 9.59 Å². The van der Waals surface area contributed by atoms with Crippen molar-refractivity contribution in [3.8, 4) is 0 Å². The minimum atomic E-state index is -1.60. The predicted octanol–water partition coefficient (Wildman–Crippen LogP) is 2.77. The quantitative estimate of drug-likeness (QED) is 0.532. The van der Waals surface area contributed by atoms with Gasteiger partial charge in [-0.1, -0.05) is 11.6 Å². The second-order valence-corrected chi connectivity index (χ2v) is 9.15. The van der Waals surface area contributed by atoms with E-state index in [-0.39, 0.29) is 29.7 Å². The predicted molar refractivity (Wildman–Crippen MR) is 123 cm³/mol. The number of hydrogen-bond donors (Lipinski definition) is 2. The Morgan fingerprint density at radius 1 is 1.39 bits per heavy atom. The molecule has 1 aliphatic rings. The van der Waals surface area contributed by atoms with Gasteiger partial charge in [0.15, 0.2) is 5.65 Å². The van der Waals surface area contributed by atoms with Crippen molar-refractivity contribution in [2.24, 2.45) is 0 Å². The first-order valence-corrected chi connectivity index (χ1v) is 10.6. The Bertz CT molecular complexity index is 1250. The number of nitrogens with one attached hydrogen (secondary N) is 1. The van der Waals surface area contributed by atoms with Crippen molar-refractivity contribution in [1.82, 2.24) is 19.5 Å². The van der Waals surface area contributed by atoms with Crippen molar-refractivity contribution < 1.29 is 19.1 Å². The molecule has 2 N–H and O–H groups in total. The molecule has 0 spiro atoms. The molecule has 33 heavy (non-hydrogen) atoms. The highest BCUT2D eigenvalue weighted by Crippen LogP contribution is 2.34. The highest BCUT2D eigenvalue weighted by Gasteiger charge is 2.35. The molecule has 1 atom stereocenters. The van der Waals surface area contributed by atoms with Crippen LogP contribution in [0.3, 0.4) is 0 Å². The molecule has 2 amide bonds. The highest BCUT2D eigenvalue weighted by atomic mass is 35.5. The Morgan fingerprint density at radius 3 is 2.79 bits per heavy atom. The summed E-state index contributed by atoms with van der Waals surface area (Å²) in [6.07, 6.45) is 1.41. The van der Waals surface area contributed by atoms with E-state index in [4.69, 9.17) is 11.6 Å². The Kier molecular flexibility index (Phi) is 5.75. The van der Waals surface area contributed by atoms with E-state index < -0.39 is 17.7 Å². The van der Waals surface area contributed by atoms with Gasteiger partial charge in [0.05, 0.1) is 29.7 Å². The van der Waals surface area contributed by atoms with E-state index >= 15 is 0 Å². The number of carbonyl (C=O) groups is 2. The molecule has 1 aromatic carbocycles. The number of rotatable bonds is 6. The summed E-state index contributed by atoms with van der Waals surface area (Å²) >= 11 is 5.97. The average Bonchev–Trinajstić information content (AvgIpc) is 3.27. The molecule has 0 saturated carbocycles. The first kappa shape index (κ1) is 22.9. The van der Waals surface area contributed by atoms with Crippen LogP contribution in [0.2, 0.25) is 5.15 Å². The van der Waals surface area contributed by atoms with Crippen LogP contribution in [0, 0.1) is 0 Å². The van der Waals surface area contributed by atoms with E-state index in [2.05, 4.69) is 15.4 Å². The van der Waals surface area contributed by atoms with Gasteiger partial charge >= 0.3 is 0 Å². The molecular weight excluding hydrogens is 451 g/mol. The van der Waals surface area contributed by atoms with Crippen molar-refractivity contribution in [3.63, 3.8) is 0 Å². The van der Waals surface area contributed by atoms with Crippen molar-refractivity contribution in [2.75, 3.05) is 30.9 Å². The van der Waals surface area contributed by atoms with E-state index in [0.717, 1.165) is 0 Å². The van der Waals surface area contributed by atoms with E-state index in [1.807, 2.05) is 0 Å². The lowest BCUT2D eigenvalue weighted by Crippen LogP contribution is -2.42. The monoisotopic (exact) mass is 474 g/mol. The van der Waals surface area contributed by atoms with Gasteiger partial charge in [0.25, 0.3) is 11.8 Å². The summed E-state index contributed by atoms with van der Waals surface area (Å²) in [6.45, 7) is 2.68. The lowest BCUT2D eigenvalue weighted by Gasteiger charge is -2.26. The number of aromatic nitrogens is 3. The van der Waals surface area contributed by atoms with Gasteiger partial charge in [-0.15, -0.1) is 0 Å². The van der Waals surface area contributed by atoms with Gasteiger partial charge in [0, 0.05) is 32.4 Å². The van der Waals surface area contributed by atoms with Gasteiger partial charge in [0.2, 0.25) is 0 Å². The molecule has 174 valence electrons. The zero-order chi connectivity index (χ0) is 24.1. The maximum absolute atomic E-state index is 14.4. The third-order valence-corrected chi connectivity index (χ3v) is 5.77. The molecule has 0 fully saturated rings. The van der Waals surface area contributed by atoms with Gasteiger partial charge in [-0.25, -0.2) is 13.9 Å². The number of nitrogens with zero attached hydrogens (tertiary/aromatic N) is 5. The van der Waals surface area contributed by atoms with Gasteiger partial charge < -0.3 is 20.2 Å². The molecular formula is C22H24ClFN6O3. The van der Waals surface area contributed by atoms with E-state index in [0.29, 0.717) is 28.1 Å². The number of halogens is 2. The molecule has 1 aliphatic heterocycles. The van der Waals surface area contributed by atoms with Gasteiger partial charge in [-0.2, -0.15) is 5.10 Å². The van der Waals surface area contributed by atoms with E-state index in [9.17, 15) is 19.1 Å². The second kappa shape index (κ2) is 8.27. The molecule has 0 saturated heterocycles. The number of fused-ring (bicyclic) bond motifs is 2. The zero-order valence-corrected chi connectivity index (χ0v) is 19.4. The maximum atomic E-state index is 14.4. The smallest absolute Gasteiger partial charge is 0.261 e. The van der Waals surface area contributed by atoms with E-state index in [1.165, 1.54) is 29.5 Å².